The number of carbonyl (C=O) groups excluding carboxylic acids is 2. The first-order valence-electron chi connectivity index (χ1n) is 9.07. The lowest BCUT2D eigenvalue weighted by molar-refractivity contribution is -0.131. The second kappa shape index (κ2) is 7.52. The van der Waals surface area contributed by atoms with Crippen LogP contribution in [0.4, 0.5) is 4.39 Å². The van der Waals surface area contributed by atoms with Gasteiger partial charge in [-0.15, -0.1) is 0 Å². The van der Waals surface area contributed by atoms with Crippen molar-refractivity contribution in [3.8, 4) is 0 Å². The van der Waals surface area contributed by atoms with Crippen LogP contribution in [-0.2, 0) is 27.3 Å². The maximum Gasteiger partial charge on any atom is 0.227 e. The van der Waals surface area contributed by atoms with Crippen LogP contribution in [0.3, 0.4) is 0 Å². The minimum absolute atomic E-state index is 0.106. The van der Waals surface area contributed by atoms with Gasteiger partial charge in [0, 0.05) is 13.2 Å². The first kappa shape index (κ1) is 17.7. The fourth-order valence-electron chi connectivity index (χ4n) is 3.93. The van der Waals surface area contributed by atoms with E-state index >= 15 is 0 Å². The molecule has 2 aliphatic heterocycles. The van der Waals surface area contributed by atoms with Gasteiger partial charge in [-0.25, -0.2) is 4.39 Å². The standard InChI is InChI=1S/C20H21FN2O4/c21-14-4-1-3-13(9-14)10-18(24)23-12-16(19-17(23)6-8-27-19)20(25)22-11-15-5-2-7-26-15/h1-5,7,9,16-17,19H,6,8,10-12H2,(H,22,25)/t16-,17+,19-/m1/s1. The van der Waals surface area contributed by atoms with E-state index in [1.54, 1.807) is 35.4 Å². The lowest BCUT2D eigenvalue weighted by Gasteiger charge is -2.22. The van der Waals surface area contributed by atoms with E-state index < -0.39 is 5.92 Å². The second-order valence-electron chi connectivity index (χ2n) is 6.95. The largest absolute Gasteiger partial charge is 0.467 e. The number of hydrogen-bond donors (Lipinski definition) is 1. The number of likely N-dealkylation sites (tertiary alicyclic amines) is 1. The summed E-state index contributed by atoms with van der Waals surface area (Å²) >= 11 is 0. The molecule has 0 aliphatic carbocycles. The summed E-state index contributed by atoms with van der Waals surface area (Å²) in [7, 11) is 0. The summed E-state index contributed by atoms with van der Waals surface area (Å²) in [5.74, 6) is -0.362. The van der Waals surface area contributed by atoms with Crippen LogP contribution in [0, 0.1) is 11.7 Å². The number of hydrogen-bond acceptors (Lipinski definition) is 4. The number of nitrogens with one attached hydrogen (secondary N) is 1. The van der Waals surface area contributed by atoms with E-state index in [1.165, 1.54) is 12.1 Å². The van der Waals surface area contributed by atoms with Gasteiger partial charge >= 0.3 is 0 Å². The van der Waals surface area contributed by atoms with Gasteiger partial charge in [0.05, 0.1) is 37.3 Å². The predicted octanol–water partition coefficient (Wildman–Crippen LogP) is 1.89. The number of ether oxygens (including phenoxy) is 1. The molecule has 4 rings (SSSR count). The number of halogens is 1. The molecule has 2 aliphatic rings. The van der Waals surface area contributed by atoms with Crippen LogP contribution in [0.25, 0.3) is 0 Å². The number of rotatable bonds is 5. The van der Waals surface area contributed by atoms with Gasteiger partial charge in [-0.05, 0) is 36.2 Å². The van der Waals surface area contributed by atoms with E-state index in [9.17, 15) is 14.0 Å². The molecule has 27 heavy (non-hydrogen) atoms. The van der Waals surface area contributed by atoms with E-state index in [1.807, 2.05) is 0 Å². The Morgan fingerprint density at radius 1 is 1.26 bits per heavy atom. The second-order valence-corrected chi connectivity index (χ2v) is 6.95. The zero-order chi connectivity index (χ0) is 18.8. The van der Waals surface area contributed by atoms with Gasteiger partial charge in [0.2, 0.25) is 11.8 Å². The quantitative estimate of drug-likeness (QED) is 0.870. The maximum atomic E-state index is 13.4. The summed E-state index contributed by atoms with van der Waals surface area (Å²) in [6, 6.07) is 9.49. The number of amides is 2. The van der Waals surface area contributed by atoms with Crippen molar-refractivity contribution in [1.29, 1.82) is 0 Å². The van der Waals surface area contributed by atoms with Gasteiger partial charge in [0.15, 0.2) is 0 Å². The minimum Gasteiger partial charge on any atom is -0.467 e. The molecule has 3 heterocycles. The Morgan fingerprint density at radius 2 is 2.15 bits per heavy atom. The SMILES string of the molecule is O=C(NCc1ccco1)[C@@H]1CN(C(=O)Cc2cccc(F)c2)[C@H]2CCO[C@H]12. The van der Waals surface area contributed by atoms with Crippen molar-refractivity contribution in [3.63, 3.8) is 0 Å². The van der Waals surface area contributed by atoms with Crippen LogP contribution in [0.5, 0.6) is 0 Å². The average molecular weight is 372 g/mol. The van der Waals surface area contributed by atoms with Gasteiger partial charge in [-0.1, -0.05) is 12.1 Å². The highest BCUT2D eigenvalue weighted by atomic mass is 19.1. The number of furan rings is 1. The number of fused-ring (bicyclic) bond motifs is 1. The Bertz CT molecular complexity index is 823. The van der Waals surface area contributed by atoms with Crippen LogP contribution >= 0.6 is 0 Å². The number of carbonyl (C=O) groups is 2. The van der Waals surface area contributed by atoms with Crippen molar-refractivity contribution in [2.24, 2.45) is 5.92 Å². The molecule has 0 saturated carbocycles. The van der Waals surface area contributed by atoms with Gasteiger partial charge in [0.25, 0.3) is 0 Å². The Hall–Kier alpha value is -2.67. The molecule has 2 fully saturated rings. The molecule has 1 N–H and O–H groups in total. The van der Waals surface area contributed by atoms with Gasteiger partial charge < -0.3 is 19.4 Å². The molecular formula is C20H21FN2O4. The van der Waals surface area contributed by atoms with Crippen LogP contribution in [-0.4, -0.2) is 42.0 Å². The summed E-state index contributed by atoms with van der Waals surface area (Å²) in [6.45, 7) is 1.14. The third kappa shape index (κ3) is 3.73. The maximum absolute atomic E-state index is 13.4. The first-order valence-corrected chi connectivity index (χ1v) is 9.07. The Morgan fingerprint density at radius 3 is 2.93 bits per heavy atom. The molecule has 6 nitrogen and oxygen atoms in total. The minimum atomic E-state index is -0.413. The van der Waals surface area contributed by atoms with Gasteiger partial charge in [-0.3, -0.25) is 9.59 Å². The van der Waals surface area contributed by atoms with Crippen LogP contribution in [0.15, 0.2) is 47.1 Å². The molecule has 0 radical (unpaired) electrons. The molecule has 1 aromatic heterocycles. The Kier molecular flexibility index (Phi) is 4.94. The molecule has 0 unspecified atom stereocenters. The molecule has 2 aromatic rings. The van der Waals surface area contributed by atoms with E-state index in [2.05, 4.69) is 5.32 Å². The molecule has 1 aromatic carbocycles. The fourth-order valence-corrected chi connectivity index (χ4v) is 3.93. The van der Waals surface area contributed by atoms with Gasteiger partial charge in [-0.2, -0.15) is 0 Å². The summed E-state index contributed by atoms with van der Waals surface area (Å²) in [5.41, 5.74) is 0.626. The summed E-state index contributed by atoms with van der Waals surface area (Å²) in [5, 5.41) is 2.86. The predicted molar refractivity (Wildman–Crippen MR) is 94.0 cm³/mol. The lowest BCUT2D eigenvalue weighted by Crippen LogP contribution is -2.38. The van der Waals surface area contributed by atoms with Gasteiger partial charge in [0.1, 0.15) is 11.6 Å². The normalized spacial score (nSPS) is 24.0. The molecule has 0 spiro atoms. The highest BCUT2D eigenvalue weighted by Crippen LogP contribution is 2.34. The molecule has 7 heteroatoms. The first-order chi connectivity index (χ1) is 13.1. The van der Waals surface area contributed by atoms with Crippen LogP contribution < -0.4 is 5.32 Å². The Labute approximate surface area is 156 Å². The third-order valence-electron chi connectivity index (χ3n) is 5.21. The summed E-state index contributed by atoms with van der Waals surface area (Å²) in [6.07, 6.45) is 2.08. The third-order valence-corrected chi connectivity index (χ3v) is 5.21. The zero-order valence-electron chi connectivity index (χ0n) is 14.8. The molecule has 2 amide bonds. The van der Waals surface area contributed by atoms with Crippen molar-refractivity contribution in [2.45, 2.75) is 31.5 Å². The molecule has 2 saturated heterocycles. The highest BCUT2D eigenvalue weighted by Gasteiger charge is 2.50. The van der Waals surface area contributed by atoms with E-state index in [0.29, 0.717) is 37.4 Å². The summed E-state index contributed by atoms with van der Waals surface area (Å²) in [4.78, 5) is 27.1. The van der Waals surface area contributed by atoms with E-state index in [0.717, 1.165) is 0 Å². The lowest BCUT2D eigenvalue weighted by atomic mass is 10.0. The highest BCUT2D eigenvalue weighted by molar-refractivity contribution is 5.84. The average Bonchev–Trinajstić information content (AvgIpc) is 3.37. The monoisotopic (exact) mass is 372 g/mol. The van der Waals surface area contributed by atoms with Crippen LogP contribution in [0.2, 0.25) is 0 Å². The number of benzene rings is 1. The van der Waals surface area contributed by atoms with Crippen molar-refractivity contribution in [2.75, 3.05) is 13.2 Å². The molecule has 142 valence electrons. The van der Waals surface area contributed by atoms with Crippen molar-refractivity contribution >= 4 is 11.8 Å². The molecular weight excluding hydrogens is 351 g/mol. The fraction of sp³-hybridized carbons (Fsp3) is 0.400. The van der Waals surface area contributed by atoms with Crippen molar-refractivity contribution in [1.82, 2.24) is 10.2 Å². The zero-order valence-corrected chi connectivity index (χ0v) is 14.8. The van der Waals surface area contributed by atoms with Crippen molar-refractivity contribution < 1.29 is 23.1 Å². The van der Waals surface area contributed by atoms with Crippen LogP contribution in [0.1, 0.15) is 17.7 Å². The molecule has 0 bridgehead atoms. The Balaban J connectivity index is 1.42. The molecule has 3 atom stereocenters. The van der Waals surface area contributed by atoms with E-state index in [-0.39, 0.29) is 36.2 Å². The van der Waals surface area contributed by atoms with E-state index in [4.69, 9.17) is 9.15 Å². The number of nitrogens with zero attached hydrogens (tertiary/aromatic N) is 1. The van der Waals surface area contributed by atoms with Crippen molar-refractivity contribution in [3.05, 3.63) is 59.8 Å². The smallest absolute Gasteiger partial charge is 0.227 e. The topological polar surface area (TPSA) is 71.8 Å². The summed E-state index contributed by atoms with van der Waals surface area (Å²) < 4.78 is 24.4.